The first-order valence-electron chi connectivity index (χ1n) is 6.76. The molecule has 2 aromatic heterocycles. The van der Waals surface area contributed by atoms with Crippen molar-refractivity contribution < 1.29 is 25.2 Å². The number of rotatable bonds is 2. The van der Waals surface area contributed by atoms with Crippen molar-refractivity contribution >= 4 is 11.5 Å². The summed E-state index contributed by atoms with van der Waals surface area (Å²) in [5.74, 6) is 1.35. The van der Waals surface area contributed by atoms with E-state index in [2.05, 4.69) is 16.0 Å². The van der Waals surface area contributed by atoms with Crippen molar-refractivity contribution in [1.82, 2.24) is 14.6 Å². The van der Waals surface area contributed by atoms with Gasteiger partial charge in [-0.25, -0.2) is 4.52 Å². The Morgan fingerprint density at radius 3 is 2.67 bits per heavy atom. The minimum Gasteiger partial charge on any atom is -0.492 e. The molecule has 0 aromatic carbocycles. The van der Waals surface area contributed by atoms with E-state index < -0.39 is 35.9 Å². The third-order valence-electron chi connectivity index (χ3n) is 4.07. The molecule has 1 aliphatic heterocycles. The predicted octanol–water partition coefficient (Wildman–Crippen LogP) is -2.15. The first-order chi connectivity index (χ1) is 11.3. The number of nitrogen functional groups attached to an aromatic ring is 1. The van der Waals surface area contributed by atoms with E-state index in [-0.39, 0.29) is 17.2 Å². The molecule has 0 aliphatic carbocycles. The number of terminal acetylenes is 1. The highest BCUT2D eigenvalue weighted by atomic mass is 16.6. The number of hydrogen-bond donors (Lipinski definition) is 5. The van der Waals surface area contributed by atoms with Crippen molar-refractivity contribution in [3.63, 3.8) is 0 Å². The molecule has 24 heavy (non-hydrogen) atoms. The smallest absolute Gasteiger partial charge is 0.241 e. The Morgan fingerprint density at radius 2 is 2.12 bits per heavy atom. The zero-order valence-electron chi connectivity index (χ0n) is 12.2. The molecule has 0 bridgehead atoms. The molecule has 0 spiro atoms. The maximum absolute atomic E-state index is 10.4. The van der Waals surface area contributed by atoms with Gasteiger partial charge in [-0.2, -0.15) is 10.2 Å². The minimum atomic E-state index is -2.14. The molecule has 10 heteroatoms. The third kappa shape index (κ3) is 1.79. The number of aromatic nitrogens is 3. The molecule has 3 heterocycles. The standard InChI is InChI=1S/C14H13N5O5/c1-2-13(6-20)9(21)10(22)14(5-15,24-13)8-4-3-7-11(23)17-12(16)18-19(7)8/h1,3-4,9-10,20-22H,6H2,(H3,16,17,18,23)/t9?,10?,13-,14+/m1/s1. The van der Waals surface area contributed by atoms with Crippen LogP contribution in [0.2, 0.25) is 0 Å². The Bertz CT molecular complexity index is 899. The second kappa shape index (κ2) is 5.06. The van der Waals surface area contributed by atoms with Crippen molar-refractivity contribution in [2.75, 3.05) is 12.3 Å². The summed E-state index contributed by atoms with van der Waals surface area (Å²) in [5.41, 5.74) is 1.43. The topological polar surface area (TPSA) is 170 Å². The summed E-state index contributed by atoms with van der Waals surface area (Å²) in [4.78, 5) is 3.58. The Labute approximate surface area is 135 Å². The highest BCUT2D eigenvalue weighted by molar-refractivity contribution is 5.59. The van der Waals surface area contributed by atoms with Crippen LogP contribution in [0.15, 0.2) is 12.1 Å². The number of nitriles is 1. The molecule has 2 aromatic rings. The zero-order chi connectivity index (χ0) is 17.7. The fourth-order valence-corrected chi connectivity index (χ4v) is 2.80. The van der Waals surface area contributed by atoms with E-state index in [1.54, 1.807) is 6.07 Å². The van der Waals surface area contributed by atoms with Gasteiger partial charge in [-0.05, 0) is 12.1 Å². The molecule has 0 saturated carbocycles. The average Bonchev–Trinajstić information content (AvgIpc) is 3.08. The minimum absolute atomic E-state index is 0.0403. The van der Waals surface area contributed by atoms with E-state index in [1.165, 1.54) is 12.1 Å². The number of nitrogens with two attached hydrogens (primary N) is 1. The van der Waals surface area contributed by atoms with Gasteiger partial charge >= 0.3 is 0 Å². The quantitative estimate of drug-likeness (QED) is 0.385. The summed E-state index contributed by atoms with van der Waals surface area (Å²) >= 11 is 0. The van der Waals surface area contributed by atoms with Crippen LogP contribution in [0.3, 0.4) is 0 Å². The molecule has 0 radical (unpaired) electrons. The van der Waals surface area contributed by atoms with E-state index in [4.69, 9.17) is 16.9 Å². The molecule has 1 aliphatic rings. The van der Waals surface area contributed by atoms with Crippen LogP contribution in [0.4, 0.5) is 5.95 Å². The van der Waals surface area contributed by atoms with Gasteiger partial charge in [-0.3, -0.25) is 0 Å². The monoisotopic (exact) mass is 331 g/mol. The first kappa shape index (κ1) is 16.0. The van der Waals surface area contributed by atoms with Gasteiger partial charge in [-0.1, -0.05) is 5.92 Å². The van der Waals surface area contributed by atoms with Gasteiger partial charge in [0, 0.05) is 0 Å². The van der Waals surface area contributed by atoms with Crippen LogP contribution >= 0.6 is 0 Å². The second-order valence-corrected chi connectivity index (χ2v) is 5.34. The van der Waals surface area contributed by atoms with Crippen molar-refractivity contribution in [3.8, 4) is 24.3 Å². The van der Waals surface area contributed by atoms with Crippen molar-refractivity contribution in [2.45, 2.75) is 23.4 Å². The zero-order valence-corrected chi connectivity index (χ0v) is 12.2. The fraction of sp³-hybridized carbons (Fsp3) is 0.357. The van der Waals surface area contributed by atoms with Gasteiger partial charge in [0.15, 0.2) is 5.60 Å². The lowest BCUT2D eigenvalue weighted by atomic mass is 9.89. The molecule has 124 valence electrons. The normalized spacial score (nSPS) is 32.5. The third-order valence-corrected chi connectivity index (χ3v) is 4.07. The molecular formula is C14H13N5O5. The number of aliphatic hydroxyl groups is 3. The maximum Gasteiger partial charge on any atom is 0.241 e. The Balaban J connectivity index is 2.28. The molecule has 1 fully saturated rings. The molecule has 6 N–H and O–H groups in total. The summed E-state index contributed by atoms with van der Waals surface area (Å²) in [6.45, 7) is -0.823. The number of anilines is 1. The highest BCUT2D eigenvalue weighted by Gasteiger charge is 2.64. The van der Waals surface area contributed by atoms with E-state index in [9.17, 15) is 25.7 Å². The summed E-state index contributed by atoms with van der Waals surface area (Å²) in [7, 11) is 0. The van der Waals surface area contributed by atoms with Crippen LogP contribution in [-0.4, -0.2) is 59.4 Å². The SMILES string of the molecule is C#C[C@]1(CO)O[C@@](C#N)(c2ccc3c(O)nc(N)nn23)C(O)C1O. The number of fused-ring (bicyclic) bond motifs is 1. The summed E-state index contributed by atoms with van der Waals surface area (Å²) in [6.07, 6.45) is 1.79. The van der Waals surface area contributed by atoms with Gasteiger partial charge in [0.25, 0.3) is 0 Å². The average molecular weight is 331 g/mol. The van der Waals surface area contributed by atoms with E-state index in [1.807, 2.05) is 0 Å². The number of ether oxygens (including phenoxy) is 1. The highest BCUT2D eigenvalue weighted by Crippen LogP contribution is 2.45. The van der Waals surface area contributed by atoms with Gasteiger partial charge < -0.3 is 30.9 Å². The lowest BCUT2D eigenvalue weighted by Gasteiger charge is -2.26. The molecule has 4 atom stereocenters. The Kier molecular flexibility index (Phi) is 3.37. The predicted molar refractivity (Wildman–Crippen MR) is 78.1 cm³/mol. The Hall–Kier alpha value is -2.89. The number of hydrogen-bond acceptors (Lipinski definition) is 9. The number of aliphatic hydroxyl groups excluding tert-OH is 3. The molecule has 10 nitrogen and oxygen atoms in total. The maximum atomic E-state index is 10.4. The summed E-state index contributed by atoms with van der Waals surface area (Å²) in [5, 5.41) is 53.5. The fourth-order valence-electron chi connectivity index (χ4n) is 2.80. The van der Waals surface area contributed by atoms with E-state index in [0.717, 1.165) is 4.52 Å². The lowest BCUT2D eigenvalue weighted by Crippen LogP contribution is -2.45. The summed E-state index contributed by atoms with van der Waals surface area (Å²) in [6, 6.07) is 4.49. The number of aromatic hydroxyl groups is 1. The first-order valence-corrected chi connectivity index (χ1v) is 6.76. The van der Waals surface area contributed by atoms with Crippen LogP contribution in [0, 0.1) is 23.7 Å². The molecule has 2 unspecified atom stereocenters. The summed E-state index contributed by atoms with van der Waals surface area (Å²) < 4.78 is 6.55. The van der Waals surface area contributed by atoms with E-state index in [0.29, 0.717) is 0 Å². The van der Waals surface area contributed by atoms with Crippen LogP contribution in [-0.2, 0) is 10.3 Å². The van der Waals surface area contributed by atoms with Gasteiger partial charge in [0.05, 0.1) is 12.3 Å². The van der Waals surface area contributed by atoms with E-state index >= 15 is 0 Å². The second-order valence-electron chi connectivity index (χ2n) is 5.34. The van der Waals surface area contributed by atoms with Gasteiger partial charge in [0.2, 0.25) is 17.4 Å². The van der Waals surface area contributed by atoms with Gasteiger partial charge in [-0.15, -0.1) is 11.5 Å². The van der Waals surface area contributed by atoms with Crippen LogP contribution in [0.5, 0.6) is 5.88 Å². The van der Waals surface area contributed by atoms with Gasteiger partial charge in [0.1, 0.15) is 23.8 Å². The number of nitrogens with zero attached hydrogens (tertiary/aromatic N) is 4. The van der Waals surface area contributed by atoms with Crippen molar-refractivity contribution in [2.24, 2.45) is 0 Å². The van der Waals surface area contributed by atoms with Crippen LogP contribution in [0.1, 0.15) is 5.69 Å². The van der Waals surface area contributed by atoms with Crippen LogP contribution < -0.4 is 5.73 Å². The lowest BCUT2D eigenvalue weighted by molar-refractivity contribution is -0.101. The Morgan fingerprint density at radius 1 is 1.42 bits per heavy atom. The molecule has 0 amide bonds. The largest absolute Gasteiger partial charge is 0.492 e. The van der Waals surface area contributed by atoms with Crippen LogP contribution in [0.25, 0.3) is 5.52 Å². The molecule has 3 rings (SSSR count). The molecular weight excluding hydrogens is 318 g/mol. The molecule has 1 saturated heterocycles. The van der Waals surface area contributed by atoms with Crippen molar-refractivity contribution in [1.29, 1.82) is 5.26 Å². The van der Waals surface area contributed by atoms with Crippen molar-refractivity contribution in [3.05, 3.63) is 17.8 Å².